The number of carbonyl (C=O) groups is 3. The van der Waals surface area contributed by atoms with E-state index in [1.54, 1.807) is 5.48 Å². The van der Waals surface area contributed by atoms with E-state index in [1.165, 1.54) is 16.0 Å². The van der Waals surface area contributed by atoms with Crippen LogP contribution in [-0.4, -0.2) is 40.4 Å². The van der Waals surface area contributed by atoms with Crippen LogP contribution in [0.4, 0.5) is 0 Å². The number of aryl methyl sites for hydroxylation is 2. The number of hydroxylamine groups is 1. The van der Waals surface area contributed by atoms with Gasteiger partial charge in [0.05, 0.1) is 0 Å². The van der Waals surface area contributed by atoms with Gasteiger partial charge in [-0.3, -0.25) is 19.6 Å². The van der Waals surface area contributed by atoms with E-state index >= 15 is 0 Å². The Balaban J connectivity index is 2.07. The number of hydrogen-bond acceptors (Lipinski definition) is 4. The Morgan fingerprint density at radius 3 is 2.77 bits per heavy atom. The van der Waals surface area contributed by atoms with Crippen LogP contribution in [0.25, 0.3) is 0 Å². The molecule has 7 heteroatoms. The molecule has 1 aliphatic heterocycles. The average molecular weight is 361 g/mol. The van der Waals surface area contributed by atoms with Crippen LogP contribution in [-0.2, 0) is 20.8 Å². The van der Waals surface area contributed by atoms with E-state index in [-0.39, 0.29) is 18.7 Å². The van der Waals surface area contributed by atoms with Crippen LogP contribution < -0.4 is 11.2 Å². The fourth-order valence-corrected chi connectivity index (χ4v) is 3.52. The summed E-state index contributed by atoms with van der Waals surface area (Å²) < 4.78 is 0. The third kappa shape index (κ3) is 4.60. The molecule has 0 saturated carbocycles. The first-order valence-corrected chi connectivity index (χ1v) is 8.86. The predicted octanol–water partition coefficient (Wildman–Crippen LogP) is 1.31. The van der Waals surface area contributed by atoms with Crippen LogP contribution in [0.2, 0.25) is 0 Å². The summed E-state index contributed by atoms with van der Waals surface area (Å²) in [5.41, 5.74) is 8.54. The van der Waals surface area contributed by atoms with Gasteiger partial charge in [0.15, 0.2) is 0 Å². The molecule has 3 amide bonds. The maximum Gasteiger partial charge on any atom is 0.266 e. The maximum absolute atomic E-state index is 13.0. The summed E-state index contributed by atoms with van der Waals surface area (Å²) in [7, 11) is 0. The standard InChI is InChI=1S/C19H27N3O4/c1-13-4-3-5-14(12-13)8-9-19(2)10-11-22(18(19)25)15(17(24)21-26)6-7-16(20)23/h3-5,12,15,26H,6-11H2,1-2H3,(H2,20,23)(H,21,24). The van der Waals surface area contributed by atoms with Crippen molar-refractivity contribution in [2.75, 3.05) is 6.54 Å². The highest BCUT2D eigenvalue weighted by Gasteiger charge is 2.46. The van der Waals surface area contributed by atoms with E-state index in [2.05, 4.69) is 6.07 Å². The number of amides is 3. The molecule has 1 aliphatic rings. The van der Waals surface area contributed by atoms with E-state index in [9.17, 15) is 14.4 Å². The van der Waals surface area contributed by atoms with Crippen molar-refractivity contribution in [2.24, 2.45) is 11.1 Å². The molecule has 0 spiro atoms. The van der Waals surface area contributed by atoms with E-state index in [4.69, 9.17) is 10.9 Å². The molecule has 1 aromatic rings. The molecule has 4 N–H and O–H groups in total. The van der Waals surface area contributed by atoms with Gasteiger partial charge in [0.1, 0.15) is 6.04 Å². The van der Waals surface area contributed by atoms with Crippen molar-refractivity contribution in [2.45, 2.75) is 52.0 Å². The summed E-state index contributed by atoms with van der Waals surface area (Å²) in [6.45, 7) is 4.36. The number of benzene rings is 1. The number of rotatable bonds is 8. The minimum Gasteiger partial charge on any atom is -0.370 e. The molecule has 1 heterocycles. The number of hydrogen-bond donors (Lipinski definition) is 3. The Hall–Kier alpha value is -2.41. The number of nitrogens with zero attached hydrogens (tertiary/aromatic N) is 1. The molecule has 7 nitrogen and oxygen atoms in total. The molecule has 1 aromatic carbocycles. The maximum atomic E-state index is 13.0. The highest BCUT2D eigenvalue weighted by Crippen LogP contribution is 2.37. The second kappa shape index (κ2) is 8.31. The van der Waals surface area contributed by atoms with Gasteiger partial charge >= 0.3 is 0 Å². The van der Waals surface area contributed by atoms with Crippen LogP contribution in [0.3, 0.4) is 0 Å². The molecule has 2 atom stereocenters. The van der Waals surface area contributed by atoms with Crippen LogP contribution in [0.15, 0.2) is 24.3 Å². The molecule has 0 radical (unpaired) electrons. The Morgan fingerprint density at radius 2 is 2.15 bits per heavy atom. The monoisotopic (exact) mass is 361 g/mol. The number of likely N-dealkylation sites (tertiary alicyclic amines) is 1. The zero-order valence-corrected chi connectivity index (χ0v) is 15.3. The molecule has 1 saturated heterocycles. The van der Waals surface area contributed by atoms with Gasteiger partial charge < -0.3 is 10.6 Å². The summed E-state index contributed by atoms with van der Waals surface area (Å²) in [5, 5.41) is 8.97. The molecule has 0 bridgehead atoms. The van der Waals surface area contributed by atoms with Crippen molar-refractivity contribution in [3.63, 3.8) is 0 Å². The Bertz CT molecular complexity index is 691. The molecule has 142 valence electrons. The first kappa shape index (κ1) is 19.9. The zero-order chi connectivity index (χ0) is 19.3. The van der Waals surface area contributed by atoms with E-state index in [0.29, 0.717) is 19.4 Å². The molecule has 26 heavy (non-hydrogen) atoms. The Kier molecular flexibility index (Phi) is 6.37. The SMILES string of the molecule is Cc1cccc(CCC2(C)CCN(C(CCC(N)=O)C(=O)NO)C2=O)c1. The lowest BCUT2D eigenvalue weighted by atomic mass is 9.82. The van der Waals surface area contributed by atoms with E-state index in [1.807, 2.05) is 32.0 Å². The van der Waals surface area contributed by atoms with Crippen LogP contribution >= 0.6 is 0 Å². The molecular weight excluding hydrogens is 334 g/mol. The Labute approximate surface area is 153 Å². The van der Waals surface area contributed by atoms with Crippen LogP contribution in [0, 0.1) is 12.3 Å². The van der Waals surface area contributed by atoms with Crippen molar-refractivity contribution in [3.8, 4) is 0 Å². The third-order valence-corrected chi connectivity index (χ3v) is 5.18. The predicted molar refractivity (Wildman–Crippen MR) is 96.1 cm³/mol. The summed E-state index contributed by atoms with van der Waals surface area (Å²) in [4.78, 5) is 37.5. The van der Waals surface area contributed by atoms with Gasteiger partial charge in [0.2, 0.25) is 11.8 Å². The smallest absolute Gasteiger partial charge is 0.266 e. The summed E-state index contributed by atoms with van der Waals surface area (Å²) in [6, 6.07) is 7.30. The minimum atomic E-state index is -0.888. The fourth-order valence-electron chi connectivity index (χ4n) is 3.52. The lowest BCUT2D eigenvalue weighted by molar-refractivity contribution is -0.146. The second-order valence-electron chi connectivity index (χ2n) is 7.30. The van der Waals surface area contributed by atoms with Crippen LogP contribution in [0.1, 0.15) is 43.7 Å². The van der Waals surface area contributed by atoms with Crippen molar-refractivity contribution >= 4 is 17.7 Å². The van der Waals surface area contributed by atoms with Crippen molar-refractivity contribution in [3.05, 3.63) is 35.4 Å². The number of primary amides is 1. The average Bonchev–Trinajstić information content (AvgIpc) is 2.89. The number of nitrogens with two attached hydrogens (primary N) is 1. The van der Waals surface area contributed by atoms with Gasteiger partial charge in [0.25, 0.3) is 5.91 Å². The molecule has 1 fully saturated rings. The van der Waals surface area contributed by atoms with Crippen molar-refractivity contribution in [1.82, 2.24) is 10.4 Å². The first-order valence-electron chi connectivity index (χ1n) is 8.86. The third-order valence-electron chi connectivity index (χ3n) is 5.18. The largest absolute Gasteiger partial charge is 0.370 e. The van der Waals surface area contributed by atoms with Crippen molar-refractivity contribution < 1.29 is 19.6 Å². The fraction of sp³-hybridized carbons (Fsp3) is 0.526. The van der Waals surface area contributed by atoms with Crippen LogP contribution in [0.5, 0.6) is 0 Å². The van der Waals surface area contributed by atoms with E-state index in [0.717, 1.165) is 6.42 Å². The highest BCUT2D eigenvalue weighted by atomic mass is 16.5. The van der Waals surface area contributed by atoms with Gasteiger partial charge in [-0.25, -0.2) is 5.48 Å². The summed E-state index contributed by atoms with van der Waals surface area (Å²) in [5.74, 6) is -1.36. The van der Waals surface area contributed by atoms with Gasteiger partial charge in [-0.2, -0.15) is 0 Å². The second-order valence-corrected chi connectivity index (χ2v) is 7.30. The lowest BCUT2D eigenvalue weighted by Gasteiger charge is -2.28. The first-order chi connectivity index (χ1) is 12.3. The number of nitrogens with one attached hydrogen (secondary N) is 1. The normalized spacial score (nSPS) is 20.9. The lowest BCUT2D eigenvalue weighted by Crippen LogP contribution is -2.48. The Morgan fingerprint density at radius 1 is 1.42 bits per heavy atom. The molecule has 2 unspecified atom stereocenters. The zero-order valence-electron chi connectivity index (χ0n) is 15.3. The summed E-state index contributed by atoms with van der Waals surface area (Å²) in [6.07, 6.45) is 2.15. The minimum absolute atomic E-state index is 0.0259. The van der Waals surface area contributed by atoms with Gasteiger partial charge in [0, 0.05) is 18.4 Å². The van der Waals surface area contributed by atoms with Gasteiger partial charge in [-0.05, 0) is 38.2 Å². The highest BCUT2D eigenvalue weighted by molar-refractivity contribution is 5.91. The molecular formula is C19H27N3O4. The topological polar surface area (TPSA) is 113 Å². The summed E-state index contributed by atoms with van der Waals surface area (Å²) >= 11 is 0. The van der Waals surface area contributed by atoms with E-state index < -0.39 is 23.3 Å². The van der Waals surface area contributed by atoms with Gasteiger partial charge in [-0.15, -0.1) is 0 Å². The van der Waals surface area contributed by atoms with Gasteiger partial charge in [-0.1, -0.05) is 36.8 Å². The molecule has 0 aromatic heterocycles. The quantitative estimate of drug-likeness (QED) is 0.478. The molecule has 2 rings (SSSR count). The molecule has 0 aliphatic carbocycles. The van der Waals surface area contributed by atoms with Crippen molar-refractivity contribution in [1.29, 1.82) is 0 Å². The number of carbonyl (C=O) groups excluding carboxylic acids is 3.